The van der Waals surface area contributed by atoms with Gasteiger partial charge in [-0.1, -0.05) is 88.7 Å². The molecule has 0 saturated carbocycles. The molecule has 0 aromatic heterocycles. The van der Waals surface area contributed by atoms with Gasteiger partial charge in [0.05, 0.1) is 6.61 Å². The summed E-state index contributed by atoms with van der Waals surface area (Å²) < 4.78 is 0. The summed E-state index contributed by atoms with van der Waals surface area (Å²) in [6, 6.07) is 0. The van der Waals surface area contributed by atoms with Crippen LogP contribution in [-0.2, 0) is 20.6 Å². The quantitative estimate of drug-likeness (QED) is 0.440. The van der Waals surface area contributed by atoms with E-state index < -0.39 is 0 Å². The summed E-state index contributed by atoms with van der Waals surface area (Å²) in [6.45, 7) is 2.54. The fourth-order valence-corrected chi connectivity index (χ4v) is 3.82. The zero-order valence-electron chi connectivity index (χ0n) is 12.9. The SMILES string of the molecule is CCCCCCCCCCCCCCS(=S)CCO. The Morgan fingerprint density at radius 2 is 1.11 bits per heavy atom. The lowest BCUT2D eigenvalue weighted by Gasteiger charge is -2.04. The first kappa shape index (κ1) is 19.5. The predicted octanol–water partition coefficient (Wildman–Crippen LogP) is 4.76. The maximum absolute atomic E-state index is 8.77. The minimum absolute atomic E-state index is 0.0487. The van der Waals surface area contributed by atoms with Crippen LogP contribution < -0.4 is 0 Å². The molecule has 0 aliphatic heterocycles. The van der Waals surface area contributed by atoms with Crippen molar-refractivity contribution < 1.29 is 5.11 Å². The second-order valence-corrected chi connectivity index (χ2v) is 8.57. The fraction of sp³-hybridized carbons (Fsp3) is 1.00. The topological polar surface area (TPSA) is 20.2 Å². The Morgan fingerprint density at radius 1 is 0.684 bits per heavy atom. The third-order valence-electron chi connectivity index (χ3n) is 3.54. The van der Waals surface area contributed by atoms with Gasteiger partial charge in [-0.15, -0.1) is 9.45 Å². The van der Waals surface area contributed by atoms with E-state index in [9.17, 15) is 0 Å². The molecule has 0 bridgehead atoms. The Labute approximate surface area is 128 Å². The molecule has 0 radical (unpaired) electrons. The summed E-state index contributed by atoms with van der Waals surface area (Å²) in [4.78, 5) is 0. The Hall–Kier alpha value is 0.530. The molecular formula is C16H34OS2. The second kappa shape index (κ2) is 16.6. The van der Waals surface area contributed by atoms with E-state index in [1.807, 2.05) is 0 Å². The molecule has 19 heavy (non-hydrogen) atoms. The first-order valence-corrected chi connectivity index (χ1v) is 10.8. The van der Waals surface area contributed by atoms with E-state index in [0.717, 1.165) is 11.5 Å². The summed E-state index contributed by atoms with van der Waals surface area (Å²) in [5.41, 5.74) is 0. The molecule has 1 nitrogen and oxygen atoms in total. The van der Waals surface area contributed by atoms with Crippen LogP contribution in [0.25, 0.3) is 0 Å². The lowest BCUT2D eigenvalue weighted by Crippen LogP contribution is -2.04. The highest BCUT2D eigenvalue weighted by molar-refractivity contribution is 8.28. The van der Waals surface area contributed by atoms with Crippen molar-refractivity contribution >= 4 is 20.6 Å². The Kier molecular flexibility index (Phi) is 17.0. The number of aliphatic hydroxyl groups is 1. The van der Waals surface area contributed by atoms with Crippen molar-refractivity contribution in [2.24, 2.45) is 0 Å². The number of rotatable bonds is 15. The van der Waals surface area contributed by atoms with Crippen LogP contribution in [0, 0.1) is 0 Å². The molecule has 116 valence electrons. The van der Waals surface area contributed by atoms with Crippen LogP contribution in [0.5, 0.6) is 0 Å². The monoisotopic (exact) mass is 306 g/mol. The van der Waals surface area contributed by atoms with E-state index in [-0.39, 0.29) is 16.1 Å². The number of aliphatic hydroxyl groups excluding tert-OH is 1. The third-order valence-corrected chi connectivity index (χ3v) is 5.93. The minimum atomic E-state index is 0.0487. The van der Waals surface area contributed by atoms with Gasteiger partial charge in [0.25, 0.3) is 0 Å². The average molecular weight is 307 g/mol. The smallest absolute Gasteiger partial charge is 0.0524 e. The fourth-order valence-electron chi connectivity index (χ4n) is 2.31. The maximum atomic E-state index is 8.77. The van der Waals surface area contributed by atoms with Gasteiger partial charge >= 0.3 is 0 Å². The van der Waals surface area contributed by atoms with Crippen molar-refractivity contribution in [2.75, 3.05) is 18.1 Å². The lowest BCUT2D eigenvalue weighted by atomic mass is 10.1. The Bertz CT molecular complexity index is 195. The van der Waals surface area contributed by atoms with Crippen molar-refractivity contribution in [1.82, 2.24) is 0 Å². The molecular weight excluding hydrogens is 272 g/mol. The number of unbranched alkanes of at least 4 members (excludes halogenated alkanes) is 11. The molecule has 1 unspecified atom stereocenters. The molecule has 0 heterocycles. The molecule has 0 aromatic rings. The Balaban J connectivity index is 3.01. The highest BCUT2D eigenvalue weighted by atomic mass is 32.8. The van der Waals surface area contributed by atoms with Crippen LogP contribution in [0.3, 0.4) is 0 Å². The molecule has 0 amide bonds. The number of hydrogen-bond donors (Lipinski definition) is 1. The molecule has 0 saturated heterocycles. The van der Waals surface area contributed by atoms with Gasteiger partial charge < -0.3 is 5.11 Å². The minimum Gasteiger partial charge on any atom is -0.396 e. The summed E-state index contributed by atoms with van der Waals surface area (Å²) >= 11 is 5.28. The second-order valence-electron chi connectivity index (χ2n) is 5.46. The molecule has 0 fully saturated rings. The number of hydrogen-bond acceptors (Lipinski definition) is 2. The van der Waals surface area contributed by atoms with E-state index >= 15 is 0 Å². The van der Waals surface area contributed by atoms with Crippen molar-refractivity contribution in [3.63, 3.8) is 0 Å². The van der Waals surface area contributed by atoms with Gasteiger partial charge in [0.1, 0.15) is 0 Å². The van der Waals surface area contributed by atoms with E-state index in [0.29, 0.717) is 0 Å². The highest BCUT2D eigenvalue weighted by Crippen LogP contribution is 2.12. The maximum Gasteiger partial charge on any atom is 0.0524 e. The summed E-state index contributed by atoms with van der Waals surface area (Å²) in [6.07, 6.45) is 16.8. The molecule has 0 aromatic carbocycles. The van der Waals surface area contributed by atoms with Gasteiger partial charge in [-0.05, 0) is 12.2 Å². The highest BCUT2D eigenvalue weighted by Gasteiger charge is 1.96. The normalized spacial score (nSPS) is 12.7. The van der Waals surface area contributed by atoms with E-state index in [2.05, 4.69) is 6.92 Å². The lowest BCUT2D eigenvalue weighted by molar-refractivity contribution is 0.322. The van der Waals surface area contributed by atoms with Crippen molar-refractivity contribution in [2.45, 2.75) is 84.0 Å². The van der Waals surface area contributed by atoms with Crippen LogP contribution in [-0.4, -0.2) is 23.2 Å². The van der Waals surface area contributed by atoms with Gasteiger partial charge in [0.2, 0.25) is 0 Å². The van der Waals surface area contributed by atoms with Crippen LogP contribution in [0.15, 0.2) is 0 Å². The largest absolute Gasteiger partial charge is 0.396 e. The zero-order chi connectivity index (χ0) is 14.2. The van der Waals surface area contributed by atoms with Gasteiger partial charge in [0.15, 0.2) is 0 Å². The molecule has 0 aliphatic rings. The summed E-state index contributed by atoms with van der Waals surface area (Å²) in [5, 5.41) is 8.77. The molecule has 0 aliphatic carbocycles. The average Bonchev–Trinajstić information content (AvgIpc) is 2.40. The molecule has 3 heteroatoms. The van der Waals surface area contributed by atoms with Gasteiger partial charge in [-0.25, -0.2) is 0 Å². The van der Waals surface area contributed by atoms with Crippen molar-refractivity contribution in [1.29, 1.82) is 0 Å². The first-order valence-electron chi connectivity index (χ1n) is 8.27. The molecule has 0 spiro atoms. The molecule has 0 rings (SSSR count). The van der Waals surface area contributed by atoms with Crippen LogP contribution >= 0.6 is 0 Å². The van der Waals surface area contributed by atoms with Crippen molar-refractivity contribution in [3.8, 4) is 0 Å². The summed E-state index contributed by atoms with van der Waals surface area (Å²) in [5.74, 6) is 1.97. The van der Waals surface area contributed by atoms with E-state index in [4.69, 9.17) is 16.3 Å². The van der Waals surface area contributed by atoms with Gasteiger partial charge in [0, 0.05) is 5.75 Å². The first-order chi connectivity index (χ1) is 9.31. The van der Waals surface area contributed by atoms with Crippen LogP contribution in [0.4, 0.5) is 0 Å². The molecule has 1 N–H and O–H groups in total. The summed E-state index contributed by atoms with van der Waals surface area (Å²) in [7, 11) is 0.0487. The van der Waals surface area contributed by atoms with E-state index in [1.54, 1.807) is 0 Å². The van der Waals surface area contributed by atoms with Crippen molar-refractivity contribution in [3.05, 3.63) is 0 Å². The predicted molar refractivity (Wildman–Crippen MR) is 92.6 cm³/mol. The van der Waals surface area contributed by atoms with Gasteiger partial charge in [-0.3, -0.25) is 0 Å². The zero-order valence-corrected chi connectivity index (χ0v) is 14.5. The van der Waals surface area contributed by atoms with Crippen LogP contribution in [0.2, 0.25) is 0 Å². The van der Waals surface area contributed by atoms with E-state index in [1.165, 1.54) is 77.0 Å². The van der Waals surface area contributed by atoms with Crippen LogP contribution in [0.1, 0.15) is 84.0 Å². The Morgan fingerprint density at radius 3 is 1.53 bits per heavy atom. The third kappa shape index (κ3) is 16.5. The molecule has 1 atom stereocenters. The standard InChI is InChI=1S/C16H34OS2/c1-2-3-4-5-6-7-8-9-10-11-12-13-15-19(18)16-14-17/h17H,2-16H2,1H3. The van der Waals surface area contributed by atoms with Gasteiger partial charge in [-0.2, -0.15) is 0 Å².